The number of hydrogen-bond donors (Lipinski definition) is 0. The molecule has 0 spiro atoms. The van der Waals surface area contributed by atoms with Crippen LogP contribution in [-0.2, 0) is 0 Å². The van der Waals surface area contributed by atoms with Crippen molar-refractivity contribution < 1.29 is 9.47 Å². The van der Waals surface area contributed by atoms with Crippen LogP contribution in [0.25, 0.3) is 0 Å². The summed E-state index contributed by atoms with van der Waals surface area (Å²) in [6.45, 7) is 0. The summed E-state index contributed by atoms with van der Waals surface area (Å²) < 4.78 is 11.6. The molecule has 0 saturated heterocycles. The first-order valence-electron chi connectivity index (χ1n) is 5.85. The van der Waals surface area contributed by atoms with Gasteiger partial charge in [0.15, 0.2) is 0 Å². The van der Waals surface area contributed by atoms with Crippen LogP contribution < -0.4 is 9.47 Å². The Labute approximate surface area is 101 Å². The highest BCUT2D eigenvalue weighted by Crippen LogP contribution is 2.31. The van der Waals surface area contributed by atoms with Gasteiger partial charge in [-0.2, -0.15) is 0 Å². The lowest BCUT2D eigenvalue weighted by Crippen LogP contribution is -2.08. The molecule has 0 heterocycles. The van der Waals surface area contributed by atoms with Crippen LogP contribution in [-0.4, -0.2) is 12.2 Å². The summed E-state index contributed by atoms with van der Waals surface area (Å²) in [5.74, 6) is 1.83. The summed E-state index contributed by atoms with van der Waals surface area (Å²) in [4.78, 5) is 0. The van der Waals surface area contributed by atoms with E-state index in [4.69, 9.17) is 9.47 Å². The van der Waals surface area contributed by atoms with E-state index in [-0.39, 0.29) is 12.2 Å². The van der Waals surface area contributed by atoms with E-state index in [1.165, 1.54) is 0 Å². The number of benzene rings is 2. The van der Waals surface area contributed by atoms with Gasteiger partial charge in [-0.15, -0.1) is 0 Å². The highest BCUT2D eigenvalue weighted by Gasteiger charge is 2.42. The van der Waals surface area contributed by atoms with E-state index >= 15 is 0 Å². The van der Waals surface area contributed by atoms with E-state index in [2.05, 4.69) is 0 Å². The Morgan fingerprint density at radius 3 is 1.47 bits per heavy atom. The van der Waals surface area contributed by atoms with Crippen LogP contribution in [0.4, 0.5) is 0 Å². The zero-order valence-electron chi connectivity index (χ0n) is 9.45. The molecule has 1 aliphatic carbocycles. The van der Waals surface area contributed by atoms with Gasteiger partial charge in [0.2, 0.25) is 0 Å². The summed E-state index contributed by atoms with van der Waals surface area (Å²) in [6, 6.07) is 19.8. The summed E-state index contributed by atoms with van der Waals surface area (Å²) in [5, 5.41) is 0. The third-order valence-corrected chi connectivity index (χ3v) is 2.74. The van der Waals surface area contributed by atoms with Gasteiger partial charge < -0.3 is 9.47 Å². The van der Waals surface area contributed by atoms with Gasteiger partial charge in [-0.25, -0.2) is 0 Å². The average Bonchev–Trinajstić information content (AvgIpc) is 3.10. The lowest BCUT2D eigenvalue weighted by atomic mass is 10.3. The third kappa shape index (κ3) is 2.59. The largest absolute Gasteiger partial charge is 0.486 e. The molecular formula is C15H14O2. The molecule has 2 nitrogen and oxygen atoms in total. The molecule has 2 heteroatoms. The normalized spacial score (nSPS) is 21.9. The lowest BCUT2D eigenvalue weighted by molar-refractivity contribution is 0.211. The van der Waals surface area contributed by atoms with Crippen molar-refractivity contribution in [3.05, 3.63) is 60.7 Å². The molecule has 0 aromatic heterocycles. The highest BCUT2D eigenvalue weighted by atomic mass is 16.6. The van der Waals surface area contributed by atoms with Crippen molar-refractivity contribution >= 4 is 0 Å². The topological polar surface area (TPSA) is 18.5 Å². The maximum atomic E-state index is 5.79. The smallest absolute Gasteiger partial charge is 0.139 e. The molecule has 0 unspecified atom stereocenters. The molecular weight excluding hydrogens is 212 g/mol. The van der Waals surface area contributed by atoms with Crippen molar-refractivity contribution in [1.82, 2.24) is 0 Å². The van der Waals surface area contributed by atoms with Crippen molar-refractivity contribution in [1.29, 1.82) is 0 Å². The molecule has 86 valence electrons. The van der Waals surface area contributed by atoms with Crippen molar-refractivity contribution in [2.75, 3.05) is 0 Å². The van der Waals surface area contributed by atoms with E-state index in [0.29, 0.717) is 0 Å². The van der Waals surface area contributed by atoms with Gasteiger partial charge in [-0.3, -0.25) is 0 Å². The Balaban J connectivity index is 1.54. The fraction of sp³-hybridized carbons (Fsp3) is 0.200. The van der Waals surface area contributed by atoms with Crippen LogP contribution in [0.5, 0.6) is 11.5 Å². The zero-order chi connectivity index (χ0) is 11.5. The maximum Gasteiger partial charge on any atom is 0.139 e. The first-order valence-corrected chi connectivity index (χ1v) is 5.85. The molecule has 2 atom stereocenters. The predicted molar refractivity (Wildman–Crippen MR) is 66.3 cm³/mol. The van der Waals surface area contributed by atoms with Crippen LogP contribution in [0.1, 0.15) is 6.42 Å². The first-order chi connectivity index (χ1) is 8.42. The number of rotatable bonds is 4. The minimum absolute atomic E-state index is 0.192. The van der Waals surface area contributed by atoms with Crippen LogP contribution in [0.15, 0.2) is 60.7 Å². The molecule has 17 heavy (non-hydrogen) atoms. The molecule has 2 aromatic carbocycles. The van der Waals surface area contributed by atoms with Crippen molar-refractivity contribution in [2.45, 2.75) is 18.6 Å². The Morgan fingerprint density at radius 2 is 1.06 bits per heavy atom. The van der Waals surface area contributed by atoms with Gasteiger partial charge in [0.1, 0.15) is 23.7 Å². The molecule has 0 aliphatic heterocycles. The first kappa shape index (κ1) is 10.2. The zero-order valence-corrected chi connectivity index (χ0v) is 9.45. The van der Waals surface area contributed by atoms with Gasteiger partial charge in [0, 0.05) is 6.42 Å². The molecule has 3 rings (SSSR count). The van der Waals surface area contributed by atoms with Crippen molar-refractivity contribution in [3.63, 3.8) is 0 Å². The number of hydrogen-bond acceptors (Lipinski definition) is 2. The van der Waals surface area contributed by atoms with E-state index < -0.39 is 0 Å². The third-order valence-electron chi connectivity index (χ3n) is 2.74. The van der Waals surface area contributed by atoms with Crippen LogP contribution in [0, 0.1) is 0 Å². The fourth-order valence-electron chi connectivity index (χ4n) is 1.75. The maximum absolute atomic E-state index is 5.79. The van der Waals surface area contributed by atoms with Gasteiger partial charge >= 0.3 is 0 Å². The molecule has 2 aromatic rings. The lowest BCUT2D eigenvalue weighted by Gasteiger charge is -2.07. The molecule has 1 fully saturated rings. The summed E-state index contributed by atoms with van der Waals surface area (Å²) in [5.41, 5.74) is 0. The Bertz CT molecular complexity index is 421. The summed E-state index contributed by atoms with van der Waals surface area (Å²) in [7, 11) is 0. The van der Waals surface area contributed by atoms with Crippen LogP contribution >= 0.6 is 0 Å². The summed E-state index contributed by atoms with van der Waals surface area (Å²) in [6.07, 6.45) is 1.35. The Morgan fingerprint density at radius 1 is 0.647 bits per heavy atom. The molecule has 0 N–H and O–H groups in total. The monoisotopic (exact) mass is 226 g/mol. The second-order valence-corrected chi connectivity index (χ2v) is 4.17. The second-order valence-electron chi connectivity index (χ2n) is 4.17. The molecule has 0 radical (unpaired) electrons. The van der Waals surface area contributed by atoms with Crippen molar-refractivity contribution in [2.24, 2.45) is 0 Å². The minimum atomic E-state index is 0.192. The molecule has 0 amide bonds. The van der Waals surface area contributed by atoms with E-state index in [1.54, 1.807) is 0 Å². The predicted octanol–water partition coefficient (Wildman–Crippen LogP) is 3.29. The van der Waals surface area contributed by atoms with Gasteiger partial charge in [-0.05, 0) is 24.3 Å². The quantitative estimate of drug-likeness (QED) is 0.796. The molecule has 1 aliphatic rings. The van der Waals surface area contributed by atoms with E-state index in [1.807, 2.05) is 60.7 Å². The van der Waals surface area contributed by atoms with Crippen LogP contribution in [0.2, 0.25) is 0 Å². The SMILES string of the molecule is c1ccc(O[C@@H]2C[C@H]2Oc2ccccc2)cc1. The molecule has 1 saturated carbocycles. The number of para-hydroxylation sites is 2. The van der Waals surface area contributed by atoms with E-state index in [9.17, 15) is 0 Å². The Hall–Kier alpha value is -1.96. The molecule has 0 bridgehead atoms. The van der Waals surface area contributed by atoms with Crippen molar-refractivity contribution in [3.8, 4) is 11.5 Å². The average molecular weight is 226 g/mol. The minimum Gasteiger partial charge on any atom is -0.486 e. The number of ether oxygens (including phenoxy) is 2. The summed E-state index contributed by atoms with van der Waals surface area (Å²) >= 11 is 0. The van der Waals surface area contributed by atoms with Crippen LogP contribution in [0.3, 0.4) is 0 Å². The fourth-order valence-corrected chi connectivity index (χ4v) is 1.75. The second kappa shape index (κ2) is 4.50. The highest BCUT2D eigenvalue weighted by molar-refractivity contribution is 5.24. The van der Waals surface area contributed by atoms with E-state index in [0.717, 1.165) is 17.9 Å². The Kier molecular flexibility index (Phi) is 2.70. The van der Waals surface area contributed by atoms with Gasteiger partial charge in [0.05, 0.1) is 0 Å². The van der Waals surface area contributed by atoms with Gasteiger partial charge in [0.25, 0.3) is 0 Å². The standard InChI is InChI=1S/C15H14O2/c1-3-7-12(8-4-1)16-14-11-15(14)17-13-9-5-2-6-10-13/h1-10,14-15H,11H2/t14-,15-/m1/s1. The van der Waals surface area contributed by atoms with Gasteiger partial charge in [-0.1, -0.05) is 36.4 Å².